The molecule has 1 aromatic heterocycles. The summed E-state index contributed by atoms with van der Waals surface area (Å²) in [5.41, 5.74) is 1.48. The van der Waals surface area contributed by atoms with Crippen LogP contribution in [0.2, 0.25) is 0 Å². The molecule has 0 saturated carbocycles. The Kier molecular flexibility index (Phi) is 2.38. The van der Waals surface area contributed by atoms with E-state index in [9.17, 15) is 0 Å². The summed E-state index contributed by atoms with van der Waals surface area (Å²) in [6.45, 7) is 5.33. The zero-order valence-corrected chi connectivity index (χ0v) is 7.97. The molecule has 0 aliphatic carbocycles. The molecule has 0 spiro atoms. The third kappa shape index (κ3) is 2.11. The van der Waals surface area contributed by atoms with Crippen LogP contribution in [-0.4, -0.2) is 18.6 Å². The van der Waals surface area contributed by atoms with Crippen LogP contribution in [0.3, 0.4) is 0 Å². The van der Waals surface area contributed by atoms with E-state index in [2.05, 4.69) is 17.6 Å². The fourth-order valence-corrected chi connectivity index (χ4v) is 1.68. The van der Waals surface area contributed by atoms with Gasteiger partial charge in [-0.3, -0.25) is 0 Å². The highest BCUT2D eigenvalue weighted by atomic mass is 16.3. The number of furan rings is 1. The van der Waals surface area contributed by atoms with Crippen molar-refractivity contribution in [2.24, 2.45) is 0 Å². The van der Waals surface area contributed by atoms with E-state index in [1.54, 1.807) is 12.5 Å². The van der Waals surface area contributed by atoms with E-state index < -0.39 is 0 Å². The summed E-state index contributed by atoms with van der Waals surface area (Å²) in [7, 11) is 0. The molecule has 13 heavy (non-hydrogen) atoms. The van der Waals surface area contributed by atoms with Crippen molar-refractivity contribution in [3.8, 4) is 0 Å². The SMILES string of the molecule is CC1(NCc2ccoc2)CCNC1. The second-order valence-corrected chi connectivity index (χ2v) is 3.97. The van der Waals surface area contributed by atoms with E-state index in [1.165, 1.54) is 12.0 Å². The predicted molar refractivity (Wildman–Crippen MR) is 51.4 cm³/mol. The fourth-order valence-electron chi connectivity index (χ4n) is 1.68. The molecule has 0 amide bonds. The lowest BCUT2D eigenvalue weighted by Gasteiger charge is -2.24. The van der Waals surface area contributed by atoms with Gasteiger partial charge in [-0.1, -0.05) is 0 Å². The number of rotatable bonds is 3. The Morgan fingerprint density at radius 3 is 3.23 bits per heavy atom. The summed E-state index contributed by atoms with van der Waals surface area (Å²) in [4.78, 5) is 0. The van der Waals surface area contributed by atoms with Crippen molar-refractivity contribution in [3.05, 3.63) is 24.2 Å². The molecule has 3 nitrogen and oxygen atoms in total. The van der Waals surface area contributed by atoms with E-state index in [0.717, 1.165) is 19.6 Å². The zero-order valence-electron chi connectivity index (χ0n) is 7.97. The van der Waals surface area contributed by atoms with Gasteiger partial charge >= 0.3 is 0 Å². The molecule has 1 unspecified atom stereocenters. The Labute approximate surface area is 78.5 Å². The van der Waals surface area contributed by atoms with Gasteiger partial charge in [0, 0.05) is 24.2 Å². The highest BCUT2D eigenvalue weighted by molar-refractivity contribution is 5.06. The van der Waals surface area contributed by atoms with Crippen LogP contribution >= 0.6 is 0 Å². The van der Waals surface area contributed by atoms with Crippen LogP contribution in [-0.2, 0) is 6.54 Å². The average Bonchev–Trinajstić information content (AvgIpc) is 2.72. The molecule has 1 aliphatic heterocycles. The standard InChI is InChI=1S/C10H16N2O/c1-10(3-4-11-8-10)12-6-9-2-5-13-7-9/h2,5,7,11-12H,3-4,6,8H2,1H3. The Morgan fingerprint density at radius 1 is 1.69 bits per heavy atom. The fraction of sp³-hybridized carbons (Fsp3) is 0.600. The minimum absolute atomic E-state index is 0.261. The smallest absolute Gasteiger partial charge is 0.0947 e. The summed E-state index contributed by atoms with van der Waals surface area (Å²) in [5, 5.41) is 6.89. The Hall–Kier alpha value is -0.800. The second kappa shape index (κ2) is 3.52. The molecule has 1 saturated heterocycles. The van der Waals surface area contributed by atoms with E-state index in [4.69, 9.17) is 4.42 Å². The monoisotopic (exact) mass is 180 g/mol. The van der Waals surface area contributed by atoms with Crippen molar-refractivity contribution in [1.29, 1.82) is 0 Å². The topological polar surface area (TPSA) is 37.2 Å². The van der Waals surface area contributed by atoms with Gasteiger partial charge in [-0.05, 0) is 26.0 Å². The maximum absolute atomic E-state index is 5.01. The molecule has 3 heteroatoms. The van der Waals surface area contributed by atoms with Crippen molar-refractivity contribution < 1.29 is 4.42 Å². The Balaban J connectivity index is 1.85. The van der Waals surface area contributed by atoms with Gasteiger partial charge in [0.25, 0.3) is 0 Å². The van der Waals surface area contributed by atoms with E-state index in [1.807, 2.05) is 6.07 Å². The van der Waals surface area contributed by atoms with E-state index in [-0.39, 0.29) is 5.54 Å². The van der Waals surface area contributed by atoms with Gasteiger partial charge in [0.05, 0.1) is 12.5 Å². The molecule has 2 rings (SSSR count). The van der Waals surface area contributed by atoms with Crippen molar-refractivity contribution in [2.75, 3.05) is 13.1 Å². The lowest BCUT2D eigenvalue weighted by atomic mass is 10.0. The molecule has 2 N–H and O–H groups in total. The van der Waals surface area contributed by atoms with Gasteiger partial charge in [-0.15, -0.1) is 0 Å². The van der Waals surface area contributed by atoms with Crippen LogP contribution in [0.4, 0.5) is 0 Å². The van der Waals surface area contributed by atoms with Gasteiger partial charge in [-0.25, -0.2) is 0 Å². The second-order valence-electron chi connectivity index (χ2n) is 3.97. The third-order valence-electron chi connectivity index (χ3n) is 2.67. The molecule has 0 aromatic carbocycles. The molecule has 1 aromatic rings. The molecule has 1 atom stereocenters. The molecular formula is C10H16N2O. The quantitative estimate of drug-likeness (QED) is 0.732. The maximum atomic E-state index is 5.01. The van der Waals surface area contributed by atoms with Crippen molar-refractivity contribution >= 4 is 0 Å². The molecule has 72 valence electrons. The minimum atomic E-state index is 0.261. The first-order valence-electron chi connectivity index (χ1n) is 4.75. The first-order chi connectivity index (χ1) is 6.29. The summed E-state index contributed by atoms with van der Waals surface area (Å²) >= 11 is 0. The predicted octanol–water partition coefficient (Wildman–Crippen LogP) is 1.12. The van der Waals surface area contributed by atoms with Gasteiger partial charge in [0.15, 0.2) is 0 Å². The van der Waals surface area contributed by atoms with Crippen molar-refractivity contribution in [1.82, 2.24) is 10.6 Å². The number of hydrogen-bond acceptors (Lipinski definition) is 3. The van der Waals surface area contributed by atoms with Gasteiger partial charge < -0.3 is 15.1 Å². The van der Waals surface area contributed by atoms with Crippen LogP contribution in [0.5, 0.6) is 0 Å². The Morgan fingerprint density at radius 2 is 2.62 bits per heavy atom. The van der Waals surface area contributed by atoms with Crippen LogP contribution in [0.1, 0.15) is 18.9 Å². The lowest BCUT2D eigenvalue weighted by Crippen LogP contribution is -2.43. The highest BCUT2D eigenvalue weighted by Crippen LogP contribution is 2.14. The number of nitrogens with one attached hydrogen (secondary N) is 2. The Bertz CT molecular complexity index is 250. The number of hydrogen-bond donors (Lipinski definition) is 2. The maximum Gasteiger partial charge on any atom is 0.0947 e. The van der Waals surface area contributed by atoms with E-state index in [0.29, 0.717) is 0 Å². The largest absolute Gasteiger partial charge is 0.472 e. The first-order valence-corrected chi connectivity index (χ1v) is 4.75. The van der Waals surface area contributed by atoms with Crippen LogP contribution in [0.25, 0.3) is 0 Å². The first kappa shape index (κ1) is 8.78. The van der Waals surface area contributed by atoms with E-state index >= 15 is 0 Å². The molecule has 0 radical (unpaired) electrons. The van der Waals surface area contributed by atoms with Gasteiger partial charge in [0.2, 0.25) is 0 Å². The lowest BCUT2D eigenvalue weighted by molar-refractivity contribution is 0.385. The third-order valence-corrected chi connectivity index (χ3v) is 2.67. The van der Waals surface area contributed by atoms with Crippen LogP contribution in [0.15, 0.2) is 23.0 Å². The summed E-state index contributed by atoms with van der Waals surface area (Å²) in [6.07, 6.45) is 4.70. The summed E-state index contributed by atoms with van der Waals surface area (Å²) in [5.74, 6) is 0. The average molecular weight is 180 g/mol. The summed E-state index contributed by atoms with van der Waals surface area (Å²) in [6, 6.07) is 2.00. The van der Waals surface area contributed by atoms with Gasteiger partial charge in [0.1, 0.15) is 0 Å². The molecular weight excluding hydrogens is 164 g/mol. The zero-order chi connectivity index (χ0) is 9.15. The van der Waals surface area contributed by atoms with Gasteiger partial charge in [-0.2, -0.15) is 0 Å². The van der Waals surface area contributed by atoms with Crippen molar-refractivity contribution in [3.63, 3.8) is 0 Å². The normalized spacial score (nSPS) is 28.1. The highest BCUT2D eigenvalue weighted by Gasteiger charge is 2.27. The summed E-state index contributed by atoms with van der Waals surface area (Å²) < 4.78 is 5.01. The minimum Gasteiger partial charge on any atom is -0.472 e. The van der Waals surface area contributed by atoms with Crippen LogP contribution < -0.4 is 10.6 Å². The molecule has 1 fully saturated rings. The molecule has 2 heterocycles. The molecule has 0 bridgehead atoms. The molecule has 1 aliphatic rings. The van der Waals surface area contributed by atoms with Crippen molar-refractivity contribution in [2.45, 2.75) is 25.4 Å². The van der Waals surface area contributed by atoms with Crippen LogP contribution in [0, 0.1) is 0 Å².